The maximum absolute atomic E-state index is 13.7. The van der Waals surface area contributed by atoms with Gasteiger partial charge in [0.15, 0.2) is 0 Å². The number of anilines is 1. The summed E-state index contributed by atoms with van der Waals surface area (Å²) in [5, 5.41) is 2.72. The standard InChI is InChI=1S/C22H27FN4O3/c1-5-27(6-2)9-10-30-26-22(29)20-13(3)19(24-14(20)4)12-17-16-11-15(23)7-8-18(16)25-21(17)28/h7-8,11-12,24H,5-6,9-10H2,1-4H3,(H,25,28)(H,26,29). The molecule has 0 fully saturated rings. The number of rotatable bonds is 8. The highest BCUT2D eigenvalue weighted by Crippen LogP contribution is 2.34. The maximum atomic E-state index is 13.7. The van der Waals surface area contributed by atoms with E-state index < -0.39 is 5.82 Å². The Morgan fingerprint density at radius 3 is 2.70 bits per heavy atom. The van der Waals surface area contributed by atoms with Crippen LogP contribution in [0.5, 0.6) is 0 Å². The molecule has 1 aromatic carbocycles. The van der Waals surface area contributed by atoms with Gasteiger partial charge in [-0.15, -0.1) is 0 Å². The summed E-state index contributed by atoms with van der Waals surface area (Å²) in [6.07, 6.45) is 1.64. The highest BCUT2D eigenvalue weighted by molar-refractivity contribution is 6.34. The summed E-state index contributed by atoms with van der Waals surface area (Å²) in [6, 6.07) is 4.15. The van der Waals surface area contributed by atoms with E-state index in [-0.39, 0.29) is 11.8 Å². The molecule has 0 spiro atoms. The molecule has 0 saturated heterocycles. The number of H-pyrrole nitrogens is 1. The van der Waals surface area contributed by atoms with Crippen LogP contribution in [0.15, 0.2) is 18.2 Å². The maximum Gasteiger partial charge on any atom is 0.276 e. The molecule has 0 radical (unpaired) electrons. The summed E-state index contributed by atoms with van der Waals surface area (Å²) < 4.78 is 13.7. The third kappa shape index (κ3) is 4.44. The number of fused-ring (bicyclic) bond motifs is 1. The predicted octanol–water partition coefficient (Wildman–Crippen LogP) is 3.27. The molecule has 2 heterocycles. The molecule has 3 rings (SSSR count). The van der Waals surface area contributed by atoms with Crippen molar-refractivity contribution in [2.45, 2.75) is 27.7 Å². The molecule has 0 bridgehead atoms. The van der Waals surface area contributed by atoms with Crippen LogP contribution < -0.4 is 10.8 Å². The Labute approximate surface area is 175 Å². The Kier molecular flexibility index (Phi) is 6.69. The molecule has 160 valence electrons. The number of carbonyl (C=O) groups excluding carboxylic acids is 2. The van der Waals surface area contributed by atoms with Gasteiger partial charge in [-0.1, -0.05) is 13.8 Å². The van der Waals surface area contributed by atoms with Gasteiger partial charge in [-0.25, -0.2) is 9.87 Å². The fourth-order valence-corrected chi connectivity index (χ4v) is 3.59. The third-order valence-electron chi connectivity index (χ3n) is 5.33. The van der Waals surface area contributed by atoms with Gasteiger partial charge in [-0.05, 0) is 56.8 Å². The van der Waals surface area contributed by atoms with Crippen molar-refractivity contribution in [2.75, 3.05) is 31.6 Å². The van der Waals surface area contributed by atoms with Crippen LogP contribution in [0.1, 0.15) is 46.7 Å². The second-order valence-electron chi connectivity index (χ2n) is 7.17. The van der Waals surface area contributed by atoms with Crippen molar-refractivity contribution in [3.05, 3.63) is 52.1 Å². The van der Waals surface area contributed by atoms with E-state index in [0.717, 1.165) is 19.6 Å². The summed E-state index contributed by atoms with van der Waals surface area (Å²) in [6.45, 7) is 10.7. The Hall–Kier alpha value is -2.97. The predicted molar refractivity (Wildman–Crippen MR) is 114 cm³/mol. The first-order valence-electron chi connectivity index (χ1n) is 10.0. The molecular formula is C22H27FN4O3. The average molecular weight is 414 g/mol. The number of benzene rings is 1. The number of likely N-dealkylation sites (N-methyl/N-ethyl adjacent to an activating group) is 1. The minimum Gasteiger partial charge on any atom is -0.358 e. The van der Waals surface area contributed by atoms with Crippen molar-refractivity contribution in [3.63, 3.8) is 0 Å². The summed E-state index contributed by atoms with van der Waals surface area (Å²) in [5.41, 5.74) is 6.30. The van der Waals surface area contributed by atoms with Crippen molar-refractivity contribution >= 4 is 29.2 Å². The minimum absolute atomic E-state index is 0.312. The monoisotopic (exact) mass is 414 g/mol. The van der Waals surface area contributed by atoms with Crippen molar-refractivity contribution in [1.82, 2.24) is 15.4 Å². The van der Waals surface area contributed by atoms with Gasteiger partial charge in [-0.3, -0.25) is 14.4 Å². The summed E-state index contributed by atoms with van der Waals surface area (Å²) >= 11 is 0. The van der Waals surface area contributed by atoms with E-state index in [4.69, 9.17) is 4.84 Å². The van der Waals surface area contributed by atoms with Crippen molar-refractivity contribution < 1.29 is 18.8 Å². The molecule has 1 aliphatic heterocycles. The molecule has 2 aromatic rings. The molecule has 1 aliphatic rings. The Bertz CT molecular complexity index is 993. The van der Waals surface area contributed by atoms with Crippen LogP contribution in [-0.2, 0) is 9.63 Å². The number of hydroxylamine groups is 1. The summed E-state index contributed by atoms with van der Waals surface area (Å²) in [7, 11) is 0. The van der Waals surface area contributed by atoms with E-state index in [1.54, 1.807) is 19.9 Å². The number of hydrogen-bond acceptors (Lipinski definition) is 4. The second-order valence-corrected chi connectivity index (χ2v) is 7.17. The molecular weight excluding hydrogens is 387 g/mol. The van der Waals surface area contributed by atoms with Gasteiger partial charge in [0, 0.05) is 29.2 Å². The van der Waals surface area contributed by atoms with Crippen molar-refractivity contribution in [1.29, 1.82) is 0 Å². The number of carbonyl (C=O) groups is 2. The lowest BCUT2D eigenvalue weighted by Gasteiger charge is -2.17. The zero-order chi connectivity index (χ0) is 21.8. The number of aromatic amines is 1. The number of amides is 2. The minimum atomic E-state index is -0.419. The fraction of sp³-hybridized carbons (Fsp3) is 0.364. The van der Waals surface area contributed by atoms with Gasteiger partial charge in [0.2, 0.25) is 0 Å². The highest BCUT2D eigenvalue weighted by Gasteiger charge is 2.26. The van der Waals surface area contributed by atoms with Crippen molar-refractivity contribution in [3.8, 4) is 0 Å². The number of halogens is 1. The van der Waals surface area contributed by atoms with E-state index in [2.05, 4.69) is 34.5 Å². The largest absolute Gasteiger partial charge is 0.358 e. The molecule has 0 unspecified atom stereocenters. The smallest absolute Gasteiger partial charge is 0.276 e. The molecule has 0 aliphatic carbocycles. The summed E-state index contributed by atoms with van der Waals surface area (Å²) in [4.78, 5) is 35.6. The van der Waals surface area contributed by atoms with E-state index in [9.17, 15) is 14.0 Å². The van der Waals surface area contributed by atoms with E-state index >= 15 is 0 Å². The van der Waals surface area contributed by atoms with Gasteiger partial charge in [0.05, 0.1) is 17.7 Å². The number of nitrogens with zero attached hydrogens (tertiary/aromatic N) is 1. The zero-order valence-electron chi connectivity index (χ0n) is 17.7. The molecule has 7 nitrogen and oxygen atoms in total. The summed E-state index contributed by atoms with van der Waals surface area (Å²) in [5.74, 6) is -1.08. The van der Waals surface area contributed by atoms with Gasteiger partial charge >= 0.3 is 0 Å². The first-order chi connectivity index (χ1) is 14.3. The SMILES string of the molecule is CCN(CC)CCONC(=O)c1c(C)[nH]c(C=C2C(=O)Nc3ccc(F)cc32)c1C. The lowest BCUT2D eigenvalue weighted by atomic mass is 10.0. The van der Waals surface area contributed by atoms with Crippen LogP contribution in [0.4, 0.5) is 10.1 Å². The van der Waals surface area contributed by atoms with Gasteiger partial charge in [0.25, 0.3) is 11.8 Å². The first kappa shape index (κ1) is 21.7. The fourth-order valence-electron chi connectivity index (χ4n) is 3.59. The van der Waals surface area contributed by atoms with E-state index in [1.165, 1.54) is 18.2 Å². The highest BCUT2D eigenvalue weighted by atomic mass is 19.1. The number of aryl methyl sites for hydroxylation is 1. The molecule has 8 heteroatoms. The van der Waals surface area contributed by atoms with Gasteiger partial charge in [-0.2, -0.15) is 0 Å². The number of aromatic nitrogens is 1. The van der Waals surface area contributed by atoms with Gasteiger partial charge < -0.3 is 15.2 Å². The Balaban J connectivity index is 1.76. The molecule has 30 heavy (non-hydrogen) atoms. The van der Waals surface area contributed by atoms with E-state index in [1.807, 2.05) is 0 Å². The quantitative estimate of drug-likeness (QED) is 0.352. The molecule has 3 N–H and O–H groups in total. The lowest BCUT2D eigenvalue weighted by molar-refractivity contribution is -0.110. The average Bonchev–Trinajstić information content (AvgIpc) is 3.17. The van der Waals surface area contributed by atoms with Crippen LogP contribution >= 0.6 is 0 Å². The van der Waals surface area contributed by atoms with Crippen LogP contribution in [0, 0.1) is 19.7 Å². The first-order valence-corrected chi connectivity index (χ1v) is 10.0. The zero-order valence-corrected chi connectivity index (χ0v) is 17.7. The van der Waals surface area contributed by atoms with Crippen LogP contribution in [0.3, 0.4) is 0 Å². The lowest BCUT2D eigenvalue weighted by Crippen LogP contribution is -2.31. The number of nitrogens with one attached hydrogen (secondary N) is 3. The molecule has 1 aromatic heterocycles. The Morgan fingerprint density at radius 2 is 2.00 bits per heavy atom. The molecule has 2 amide bonds. The van der Waals surface area contributed by atoms with E-state index in [0.29, 0.717) is 45.9 Å². The third-order valence-corrected chi connectivity index (χ3v) is 5.33. The van der Waals surface area contributed by atoms with Crippen LogP contribution in [0.2, 0.25) is 0 Å². The van der Waals surface area contributed by atoms with Crippen LogP contribution in [0.25, 0.3) is 11.6 Å². The normalized spacial score (nSPS) is 14.3. The second kappa shape index (κ2) is 9.23. The molecule has 0 atom stereocenters. The topological polar surface area (TPSA) is 86.5 Å². The Morgan fingerprint density at radius 1 is 1.27 bits per heavy atom. The van der Waals surface area contributed by atoms with Crippen LogP contribution in [-0.4, -0.2) is 47.9 Å². The van der Waals surface area contributed by atoms with Crippen molar-refractivity contribution in [2.24, 2.45) is 0 Å². The molecule has 0 saturated carbocycles. The number of hydrogen-bond donors (Lipinski definition) is 3. The van der Waals surface area contributed by atoms with Gasteiger partial charge in [0.1, 0.15) is 5.82 Å².